The van der Waals surface area contributed by atoms with Gasteiger partial charge in [-0.2, -0.15) is 10.1 Å². The van der Waals surface area contributed by atoms with Crippen molar-refractivity contribution in [3.8, 4) is 22.8 Å². The lowest BCUT2D eigenvalue weighted by atomic mass is 9.99. The second-order valence-electron chi connectivity index (χ2n) is 10.1. The van der Waals surface area contributed by atoms with Gasteiger partial charge < -0.3 is 4.74 Å². The zero-order valence-corrected chi connectivity index (χ0v) is 24.6. The number of ether oxygens (including phenoxy) is 1. The highest BCUT2D eigenvalue weighted by atomic mass is 32.2. The van der Waals surface area contributed by atoms with Gasteiger partial charge >= 0.3 is 12.4 Å². The first-order valence-corrected chi connectivity index (χ1v) is 14.4. The maximum atomic E-state index is 14.9. The van der Waals surface area contributed by atoms with E-state index in [4.69, 9.17) is 0 Å². The fraction of sp³-hybridized carbons (Fsp3) is 0.233. The van der Waals surface area contributed by atoms with Crippen LogP contribution >= 0.6 is 11.8 Å². The molecule has 14 heteroatoms. The Kier molecular flexibility index (Phi) is 8.99. The molecule has 228 valence electrons. The maximum Gasteiger partial charge on any atom is 0.573 e. The van der Waals surface area contributed by atoms with Crippen LogP contribution < -0.4 is 15.1 Å². The number of thioether (sulfide) groups is 1. The monoisotopic (exact) mass is 625 g/mol. The number of aliphatic imine (C=N–C) groups is 1. The predicted molar refractivity (Wildman–Crippen MR) is 162 cm³/mol. The van der Waals surface area contributed by atoms with Gasteiger partial charge in [0, 0.05) is 11.3 Å². The third-order valence-corrected chi connectivity index (χ3v) is 7.46. The fourth-order valence-corrected chi connectivity index (χ4v) is 5.35. The van der Waals surface area contributed by atoms with Crippen LogP contribution in [0.25, 0.3) is 17.1 Å². The van der Waals surface area contributed by atoms with Crippen molar-refractivity contribution in [3.05, 3.63) is 89.7 Å². The summed E-state index contributed by atoms with van der Waals surface area (Å²) >= 11 is 1.17. The number of hydrogen-bond acceptors (Lipinski definition) is 6. The molecule has 4 aromatic rings. The Hall–Kier alpha value is -4.72. The van der Waals surface area contributed by atoms with E-state index in [-0.39, 0.29) is 22.6 Å². The van der Waals surface area contributed by atoms with Gasteiger partial charge in [0.15, 0.2) is 17.3 Å². The Bertz CT molecular complexity index is 1690. The summed E-state index contributed by atoms with van der Waals surface area (Å²) in [5.41, 5.74) is 6.85. The highest BCUT2D eigenvalue weighted by Gasteiger charge is 2.34. The van der Waals surface area contributed by atoms with Gasteiger partial charge in [-0.05, 0) is 59.9 Å². The molecule has 2 amide bonds. The van der Waals surface area contributed by atoms with Gasteiger partial charge in [-0.3, -0.25) is 4.90 Å². The van der Waals surface area contributed by atoms with Gasteiger partial charge in [0.25, 0.3) is 0 Å². The molecular formula is C30H27F4N7O2S. The summed E-state index contributed by atoms with van der Waals surface area (Å²) in [6, 6.07) is 17.4. The van der Waals surface area contributed by atoms with E-state index in [0.717, 1.165) is 11.1 Å². The van der Waals surface area contributed by atoms with Crippen LogP contribution in [0.3, 0.4) is 0 Å². The van der Waals surface area contributed by atoms with E-state index >= 15 is 0 Å². The highest BCUT2D eigenvalue weighted by Crippen LogP contribution is 2.36. The first-order valence-electron chi connectivity index (χ1n) is 13.4. The Morgan fingerprint density at radius 3 is 2.52 bits per heavy atom. The number of aromatic nitrogens is 3. The van der Waals surface area contributed by atoms with Crippen LogP contribution in [-0.2, 0) is 0 Å². The molecule has 0 spiro atoms. The summed E-state index contributed by atoms with van der Waals surface area (Å²) in [4.78, 5) is 22.3. The molecule has 1 atom stereocenters. The number of nitrogens with one attached hydrogen (secondary N) is 1. The molecule has 0 radical (unpaired) electrons. The summed E-state index contributed by atoms with van der Waals surface area (Å²) in [6.07, 6.45) is -3.20. The molecule has 1 N–H and O–H groups in total. The van der Waals surface area contributed by atoms with Crippen molar-refractivity contribution in [2.45, 2.75) is 39.3 Å². The summed E-state index contributed by atoms with van der Waals surface area (Å²) in [5.74, 6) is 0.372. The van der Waals surface area contributed by atoms with E-state index in [1.165, 1.54) is 58.2 Å². The van der Waals surface area contributed by atoms with Crippen molar-refractivity contribution in [2.24, 2.45) is 10.1 Å². The molecule has 0 bridgehead atoms. The number of urea groups is 1. The fourth-order valence-electron chi connectivity index (χ4n) is 4.41. The zero-order valence-electron chi connectivity index (χ0n) is 23.8. The number of carbonyl (C=O) groups is 1. The van der Waals surface area contributed by atoms with E-state index in [2.05, 4.69) is 30.3 Å². The zero-order chi connectivity index (χ0) is 31.4. The molecule has 0 aliphatic carbocycles. The summed E-state index contributed by atoms with van der Waals surface area (Å²) in [5, 5.41) is 8.61. The average molecular weight is 626 g/mol. The molecule has 1 unspecified atom stereocenters. The minimum Gasteiger partial charge on any atom is -0.406 e. The topological polar surface area (TPSA) is 97.0 Å². The largest absolute Gasteiger partial charge is 0.573 e. The number of nitrogens with zero attached hydrogens (tertiary/aromatic N) is 6. The number of anilines is 1. The summed E-state index contributed by atoms with van der Waals surface area (Å²) in [7, 11) is 0. The number of halogens is 4. The van der Waals surface area contributed by atoms with Crippen molar-refractivity contribution in [2.75, 3.05) is 10.7 Å². The lowest BCUT2D eigenvalue weighted by molar-refractivity contribution is -0.274. The smallest absolute Gasteiger partial charge is 0.406 e. The Labute approximate surface area is 254 Å². The third kappa shape index (κ3) is 7.43. The minimum atomic E-state index is -4.77. The van der Waals surface area contributed by atoms with E-state index in [1.54, 1.807) is 24.3 Å². The first-order chi connectivity index (χ1) is 21.0. The van der Waals surface area contributed by atoms with Crippen molar-refractivity contribution in [1.29, 1.82) is 0 Å². The number of alkyl halides is 4. The molecule has 1 fully saturated rings. The van der Waals surface area contributed by atoms with Crippen molar-refractivity contribution in [1.82, 2.24) is 20.2 Å². The minimum absolute atomic E-state index is 0.156. The van der Waals surface area contributed by atoms with Gasteiger partial charge in [0.2, 0.25) is 0 Å². The lowest BCUT2D eigenvalue weighted by Gasteiger charge is -2.25. The Morgan fingerprint density at radius 1 is 1.11 bits per heavy atom. The predicted octanol–water partition coefficient (Wildman–Crippen LogP) is 7.21. The van der Waals surface area contributed by atoms with Gasteiger partial charge in [-0.1, -0.05) is 62.0 Å². The Morgan fingerprint density at radius 2 is 1.84 bits per heavy atom. The third-order valence-electron chi connectivity index (χ3n) is 6.47. The van der Waals surface area contributed by atoms with E-state index in [0.29, 0.717) is 28.3 Å². The molecule has 3 aromatic carbocycles. The van der Waals surface area contributed by atoms with Crippen LogP contribution in [0.1, 0.15) is 36.5 Å². The second kappa shape index (κ2) is 12.9. The molecule has 44 heavy (non-hydrogen) atoms. The second-order valence-corrected chi connectivity index (χ2v) is 11.1. The molecule has 5 rings (SSSR count). The lowest BCUT2D eigenvalue weighted by Crippen LogP contribution is -2.33. The van der Waals surface area contributed by atoms with E-state index < -0.39 is 18.7 Å². The van der Waals surface area contributed by atoms with E-state index in [1.807, 2.05) is 39.0 Å². The average Bonchev–Trinajstić information content (AvgIpc) is 3.60. The van der Waals surface area contributed by atoms with Crippen molar-refractivity contribution in [3.63, 3.8) is 0 Å². The van der Waals surface area contributed by atoms with Crippen molar-refractivity contribution < 1.29 is 27.1 Å². The van der Waals surface area contributed by atoms with Gasteiger partial charge in [-0.15, -0.1) is 18.3 Å². The normalized spacial score (nSPS) is 16.3. The Balaban J connectivity index is 1.21. The number of benzene rings is 3. The summed E-state index contributed by atoms with van der Waals surface area (Å²) < 4.78 is 57.4. The number of hydrazone groups is 1. The molecule has 1 saturated heterocycles. The molecule has 1 aliphatic rings. The molecule has 1 aliphatic heterocycles. The number of hydrogen-bond donors (Lipinski definition) is 1. The van der Waals surface area contributed by atoms with Crippen molar-refractivity contribution >= 4 is 34.9 Å². The van der Waals surface area contributed by atoms with Crippen LogP contribution in [0.2, 0.25) is 0 Å². The quantitative estimate of drug-likeness (QED) is 0.101. The van der Waals surface area contributed by atoms with Gasteiger partial charge in [-0.25, -0.2) is 24.3 Å². The standard InChI is InChI=1S/C30H27F4N7O2S/c1-18(2)24-13-4-19(3)14-25(24)41-26(31)16-44-29(41)37-28(42)38-36-15-20-5-7-21(8-6-20)27-35-17-40(39-27)22-9-11-23(12-10-22)43-30(32,33)34/h4-15,17-18,26H,16H2,1-3H3,(H,38,42)/b36-15+,37-29?. The summed E-state index contributed by atoms with van der Waals surface area (Å²) in [6.45, 7) is 5.99. The van der Waals surface area contributed by atoms with Crippen LogP contribution in [0.15, 0.2) is 83.2 Å². The number of amidine groups is 1. The van der Waals surface area contributed by atoms with Crippen LogP contribution in [-0.4, -0.2) is 50.6 Å². The molecule has 2 heterocycles. The van der Waals surface area contributed by atoms with Crippen LogP contribution in [0.4, 0.5) is 28.0 Å². The molecule has 1 aromatic heterocycles. The molecule has 0 saturated carbocycles. The number of carbonyl (C=O) groups excluding carboxylic acids is 1. The maximum absolute atomic E-state index is 14.9. The SMILES string of the molecule is Cc1ccc(C(C)C)c(N2C(=NC(=O)N/N=C/c3ccc(-c4ncn(-c5ccc(OC(F)(F)F)cc5)n4)cc3)SCC2F)c1. The van der Waals surface area contributed by atoms with Crippen LogP contribution in [0.5, 0.6) is 5.75 Å². The van der Waals surface area contributed by atoms with Gasteiger partial charge in [0.1, 0.15) is 12.1 Å². The molecule has 9 nitrogen and oxygen atoms in total. The first kappa shape index (κ1) is 30.7. The van der Waals surface area contributed by atoms with Gasteiger partial charge in [0.05, 0.1) is 17.7 Å². The number of rotatable bonds is 7. The number of amides is 2. The van der Waals surface area contributed by atoms with Crippen LogP contribution in [0, 0.1) is 6.92 Å². The van der Waals surface area contributed by atoms with E-state index in [9.17, 15) is 22.4 Å². The number of aryl methyl sites for hydroxylation is 1. The highest BCUT2D eigenvalue weighted by molar-refractivity contribution is 8.14. The molecular weight excluding hydrogens is 598 g/mol.